The Hall–Kier alpha value is -3.86. The van der Waals surface area contributed by atoms with Crippen molar-refractivity contribution >= 4 is 16.9 Å². The first-order valence-corrected chi connectivity index (χ1v) is 13.0. The predicted octanol–water partition coefficient (Wildman–Crippen LogP) is 7.03. The summed E-state index contributed by atoms with van der Waals surface area (Å²) in [6.07, 6.45) is 3.29. The Morgan fingerprint density at radius 3 is 2.32 bits per heavy atom. The van der Waals surface area contributed by atoms with Crippen LogP contribution in [-0.2, 0) is 6.54 Å². The number of hydrogen-bond acceptors (Lipinski definition) is 4. The lowest BCUT2D eigenvalue weighted by atomic mass is 9.97. The van der Waals surface area contributed by atoms with Gasteiger partial charge in [-0.05, 0) is 67.6 Å². The van der Waals surface area contributed by atoms with Gasteiger partial charge in [0, 0.05) is 6.54 Å². The number of aryl methyl sites for hydroxylation is 3. The number of carbonyl (C=O) groups excluding carboxylic acids is 1. The molecule has 0 saturated carbocycles. The van der Waals surface area contributed by atoms with Crippen LogP contribution in [-0.4, -0.2) is 17.4 Å². The first-order chi connectivity index (χ1) is 17.9. The summed E-state index contributed by atoms with van der Waals surface area (Å²) in [6, 6.07) is 19.1. The maximum Gasteiger partial charge on any atom is 0.291 e. The highest BCUT2D eigenvalue weighted by Gasteiger charge is 2.42. The quantitative estimate of drug-likeness (QED) is 0.246. The number of hydrogen-bond donors (Lipinski definition) is 0. The normalized spacial score (nSPS) is 14.9. The molecule has 0 fully saturated rings. The second-order valence-corrected chi connectivity index (χ2v) is 10.1. The Balaban J connectivity index is 1.59. The second kappa shape index (κ2) is 10.3. The number of fused-ring (bicyclic) bond motifs is 2. The number of rotatable bonds is 8. The lowest BCUT2D eigenvalue weighted by Crippen LogP contribution is -2.29. The first-order valence-electron chi connectivity index (χ1n) is 13.0. The average molecular weight is 496 g/mol. The van der Waals surface area contributed by atoms with Crippen molar-refractivity contribution in [3.05, 3.63) is 110 Å². The van der Waals surface area contributed by atoms with Crippen molar-refractivity contribution in [3.63, 3.8) is 0 Å². The van der Waals surface area contributed by atoms with E-state index in [-0.39, 0.29) is 17.1 Å². The molecule has 5 rings (SSSR count). The van der Waals surface area contributed by atoms with E-state index in [9.17, 15) is 9.59 Å². The summed E-state index contributed by atoms with van der Waals surface area (Å²) >= 11 is 0. The Morgan fingerprint density at radius 1 is 0.892 bits per heavy atom. The van der Waals surface area contributed by atoms with E-state index in [4.69, 9.17) is 9.15 Å². The van der Waals surface area contributed by atoms with Crippen LogP contribution in [0.4, 0.5) is 0 Å². The molecule has 1 aliphatic rings. The van der Waals surface area contributed by atoms with Crippen LogP contribution in [0, 0.1) is 20.8 Å². The summed E-state index contributed by atoms with van der Waals surface area (Å²) in [5.74, 6) is 0.659. The molecule has 0 saturated heterocycles. The molecule has 4 aromatic rings. The maximum atomic E-state index is 13.9. The van der Waals surface area contributed by atoms with Crippen molar-refractivity contribution in [2.75, 3.05) is 6.61 Å². The zero-order valence-electron chi connectivity index (χ0n) is 22.0. The fraction of sp³-hybridized carbons (Fsp3) is 0.312. The molecule has 1 amide bonds. The Bertz CT molecular complexity index is 1500. The van der Waals surface area contributed by atoms with Crippen LogP contribution in [0.1, 0.15) is 76.2 Å². The minimum Gasteiger partial charge on any atom is -0.494 e. The second-order valence-electron chi connectivity index (χ2n) is 10.1. The number of amides is 1. The molecular weight excluding hydrogens is 462 g/mol. The SMILES string of the molecule is CCCCCOc1ccc(C2c3c(oc4c(C)cc(C)cc4c3=O)C(=O)N2Cc2ccc(C)cc2)cc1. The van der Waals surface area contributed by atoms with Gasteiger partial charge >= 0.3 is 0 Å². The van der Waals surface area contributed by atoms with E-state index in [1.54, 1.807) is 4.90 Å². The molecule has 1 aromatic heterocycles. The molecule has 5 nitrogen and oxygen atoms in total. The molecule has 0 aliphatic carbocycles. The monoisotopic (exact) mass is 495 g/mol. The van der Waals surface area contributed by atoms with E-state index in [1.165, 1.54) is 0 Å². The van der Waals surface area contributed by atoms with Gasteiger partial charge in [-0.25, -0.2) is 0 Å². The lowest BCUT2D eigenvalue weighted by molar-refractivity contribution is 0.0714. The lowest BCUT2D eigenvalue weighted by Gasteiger charge is -2.25. The fourth-order valence-electron chi connectivity index (χ4n) is 5.16. The number of nitrogens with zero attached hydrogens (tertiary/aromatic N) is 1. The van der Waals surface area contributed by atoms with Crippen molar-refractivity contribution in [1.29, 1.82) is 0 Å². The van der Waals surface area contributed by atoms with Gasteiger partial charge in [0.2, 0.25) is 5.76 Å². The summed E-state index contributed by atoms with van der Waals surface area (Å²) in [6.45, 7) is 9.12. The predicted molar refractivity (Wildman–Crippen MR) is 146 cm³/mol. The topological polar surface area (TPSA) is 59.8 Å². The first kappa shape index (κ1) is 24.8. The van der Waals surface area contributed by atoms with Crippen LogP contribution in [0.3, 0.4) is 0 Å². The van der Waals surface area contributed by atoms with Gasteiger partial charge in [0.15, 0.2) is 5.43 Å². The van der Waals surface area contributed by atoms with Crippen molar-refractivity contribution < 1.29 is 13.9 Å². The van der Waals surface area contributed by atoms with Gasteiger partial charge in [0.1, 0.15) is 11.3 Å². The van der Waals surface area contributed by atoms with Gasteiger partial charge < -0.3 is 14.1 Å². The Morgan fingerprint density at radius 2 is 1.62 bits per heavy atom. The largest absolute Gasteiger partial charge is 0.494 e. The summed E-state index contributed by atoms with van der Waals surface area (Å²) in [5.41, 5.74) is 5.58. The molecule has 1 aliphatic heterocycles. The van der Waals surface area contributed by atoms with Gasteiger partial charge in [-0.1, -0.05) is 67.8 Å². The van der Waals surface area contributed by atoms with Crippen LogP contribution in [0.2, 0.25) is 0 Å². The third-order valence-corrected chi connectivity index (χ3v) is 7.08. The average Bonchev–Trinajstić information content (AvgIpc) is 3.16. The minimum atomic E-state index is -0.542. The summed E-state index contributed by atoms with van der Waals surface area (Å²) in [4.78, 5) is 29.4. The van der Waals surface area contributed by atoms with Crippen molar-refractivity contribution in [2.45, 2.75) is 59.5 Å². The van der Waals surface area contributed by atoms with Crippen molar-refractivity contribution in [3.8, 4) is 5.75 Å². The number of ether oxygens (including phenoxy) is 1. The van der Waals surface area contributed by atoms with E-state index in [0.29, 0.717) is 29.7 Å². The van der Waals surface area contributed by atoms with Crippen molar-refractivity contribution in [1.82, 2.24) is 4.90 Å². The van der Waals surface area contributed by atoms with Crippen molar-refractivity contribution in [2.24, 2.45) is 0 Å². The summed E-state index contributed by atoms with van der Waals surface area (Å²) in [5, 5.41) is 0.516. The van der Waals surface area contributed by atoms with E-state index in [0.717, 1.165) is 52.8 Å². The molecule has 190 valence electrons. The molecule has 0 bridgehead atoms. The zero-order chi connectivity index (χ0) is 26.1. The molecule has 1 unspecified atom stereocenters. The van der Waals surface area contributed by atoms with E-state index >= 15 is 0 Å². The number of benzene rings is 3. The van der Waals surface area contributed by atoms with Gasteiger partial charge in [0.25, 0.3) is 5.91 Å². The molecule has 0 spiro atoms. The molecule has 2 heterocycles. The maximum absolute atomic E-state index is 13.9. The molecule has 1 atom stereocenters. The van der Waals surface area contributed by atoms with E-state index in [1.807, 2.05) is 81.4 Å². The minimum absolute atomic E-state index is 0.140. The Labute approximate surface area is 217 Å². The van der Waals surface area contributed by atoms with Crippen LogP contribution in [0.5, 0.6) is 5.75 Å². The molecule has 37 heavy (non-hydrogen) atoms. The molecule has 0 radical (unpaired) electrons. The van der Waals surface area contributed by atoms with Gasteiger partial charge in [-0.3, -0.25) is 9.59 Å². The molecule has 3 aromatic carbocycles. The smallest absolute Gasteiger partial charge is 0.291 e. The fourth-order valence-corrected chi connectivity index (χ4v) is 5.16. The van der Waals surface area contributed by atoms with Crippen LogP contribution >= 0.6 is 0 Å². The number of unbranched alkanes of at least 4 members (excludes halogenated alkanes) is 2. The van der Waals surface area contributed by atoms with Crippen LogP contribution in [0.15, 0.2) is 69.9 Å². The molecule has 5 heteroatoms. The van der Waals surface area contributed by atoms with Gasteiger partial charge in [0.05, 0.1) is 23.6 Å². The molecule has 0 N–H and O–H groups in total. The van der Waals surface area contributed by atoms with Gasteiger partial charge in [-0.2, -0.15) is 0 Å². The van der Waals surface area contributed by atoms with E-state index < -0.39 is 6.04 Å². The zero-order valence-corrected chi connectivity index (χ0v) is 22.0. The highest BCUT2D eigenvalue weighted by molar-refractivity contribution is 5.99. The van der Waals surface area contributed by atoms with E-state index in [2.05, 4.69) is 6.92 Å². The van der Waals surface area contributed by atoms with Crippen LogP contribution < -0.4 is 10.2 Å². The summed E-state index contributed by atoms with van der Waals surface area (Å²) < 4.78 is 12.1. The molecular formula is C32H33NO4. The highest BCUT2D eigenvalue weighted by Crippen LogP contribution is 2.40. The number of carbonyl (C=O) groups is 1. The highest BCUT2D eigenvalue weighted by atomic mass is 16.5. The Kier molecular flexibility index (Phi) is 6.88. The summed E-state index contributed by atoms with van der Waals surface area (Å²) in [7, 11) is 0. The standard InChI is InChI=1S/C32H33NO4/c1-5-6-7-16-36-25-14-12-24(13-15-25)28-27-29(34)26-18-21(3)17-22(4)30(26)37-31(27)32(35)33(28)19-23-10-8-20(2)9-11-23/h8-15,17-18,28H,5-7,16,19H2,1-4H3. The van der Waals surface area contributed by atoms with Gasteiger partial charge in [-0.15, -0.1) is 0 Å². The third-order valence-electron chi connectivity index (χ3n) is 7.08. The van der Waals surface area contributed by atoms with Crippen LogP contribution in [0.25, 0.3) is 11.0 Å². The third kappa shape index (κ3) is 4.78.